The van der Waals surface area contributed by atoms with Gasteiger partial charge in [-0.15, -0.1) is 11.3 Å². The summed E-state index contributed by atoms with van der Waals surface area (Å²) in [5.74, 6) is 3.02. The van der Waals surface area contributed by atoms with Crippen molar-refractivity contribution >= 4 is 38.9 Å². The van der Waals surface area contributed by atoms with Crippen molar-refractivity contribution in [3.8, 4) is 5.75 Å². The zero-order chi connectivity index (χ0) is 16.8. The van der Waals surface area contributed by atoms with Crippen molar-refractivity contribution < 1.29 is 9.53 Å². The summed E-state index contributed by atoms with van der Waals surface area (Å²) in [6.07, 6.45) is 5.34. The Hall–Kier alpha value is -1.26. The highest BCUT2D eigenvalue weighted by molar-refractivity contribution is 7.21. The number of carbonyl (C=O) groups is 1. The van der Waals surface area contributed by atoms with Gasteiger partial charge in [-0.2, -0.15) is 0 Å². The number of ether oxygens (including phenoxy) is 1. The zero-order valence-corrected chi connectivity index (χ0v) is 15.5. The molecule has 4 atom stereocenters. The predicted molar refractivity (Wildman–Crippen MR) is 99.3 cm³/mol. The number of methoxy groups -OCH3 is 1. The van der Waals surface area contributed by atoms with E-state index in [9.17, 15) is 4.79 Å². The molecule has 1 amide bonds. The van der Waals surface area contributed by atoms with E-state index in [-0.39, 0.29) is 11.9 Å². The maximum atomic E-state index is 12.7. The van der Waals surface area contributed by atoms with Crippen LogP contribution in [0.3, 0.4) is 0 Å². The van der Waals surface area contributed by atoms with Crippen LogP contribution in [-0.4, -0.2) is 19.1 Å². The molecule has 128 valence electrons. The fourth-order valence-corrected chi connectivity index (χ4v) is 6.00. The standard InChI is InChI=1S/C19H22ClNO2S/c1-10(14-8-11-3-4-12(14)7-11)21-19(22)18-17(20)15-9-13(23-2)5-6-16(15)24-18/h5-6,9-12,14H,3-4,7-8H2,1-2H3,(H,21,22). The summed E-state index contributed by atoms with van der Waals surface area (Å²) in [7, 11) is 1.63. The molecule has 0 radical (unpaired) electrons. The highest BCUT2D eigenvalue weighted by Crippen LogP contribution is 2.49. The Labute approximate surface area is 151 Å². The van der Waals surface area contributed by atoms with Gasteiger partial charge in [-0.05, 0) is 62.1 Å². The van der Waals surface area contributed by atoms with Crippen LogP contribution in [-0.2, 0) is 0 Å². The summed E-state index contributed by atoms with van der Waals surface area (Å²) < 4.78 is 6.27. The van der Waals surface area contributed by atoms with Crippen LogP contribution in [0.5, 0.6) is 5.75 Å². The average molecular weight is 364 g/mol. The first kappa shape index (κ1) is 16.2. The van der Waals surface area contributed by atoms with E-state index in [1.165, 1.54) is 37.0 Å². The first-order valence-electron chi connectivity index (χ1n) is 8.63. The molecule has 2 fully saturated rings. The fraction of sp³-hybridized carbons (Fsp3) is 0.526. The summed E-state index contributed by atoms with van der Waals surface area (Å²) in [6, 6.07) is 5.96. The van der Waals surface area contributed by atoms with Gasteiger partial charge >= 0.3 is 0 Å². The summed E-state index contributed by atoms with van der Waals surface area (Å²) in [6.45, 7) is 2.15. The van der Waals surface area contributed by atoms with Crippen LogP contribution in [0.2, 0.25) is 5.02 Å². The number of thiophene rings is 1. The number of hydrogen-bond acceptors (Lipinski definition) is 3. The molecule has 1 N–H and O–H groups in total. The Kier molecular flexibility index (Phi) is 4.21. The Morgan fingerprint density at radius 1 is 1.38 bits per heavy atom. The number of fused-ring (bicyclic) bond motifs is 3. The highest BCUT2D eigenvalue weighted by Gasteiger charge is 2.42. The molecule has 2 aliphatic carbocycles. The smallest absolute Gasteiger partial charge is 0.263 e. The predicted octanol–water partition coefficient (Wildman–Crippen LogP) is 5.12. The second-order valence-electron chi connectivity index (χ2n) is 7.21. The largest absolute Gasteiger partial charge is 0.497 e. The van der Waals surface area contributed by atoms with E-state index in [4.69, 9.17) is 16.3 Å². The maximum Gasteiger partial charge on any atom is 0.263 e. The van der Waals surface area contributed by atoms with Gasteiger partial charge in [0.25, 0.3) is 5.91 Å². The Morgan fingerprint density at radius 2 is 2.21 bits per heavy atom. The second-order valence-corrected chi connectivity index (χ2v) is 8.64. The van der Waals surface area contributed by atoms with Crippen molar-refractivity contribution in [3.63, 3.8) is 0 Å². The van der Waals surface area contributed by atoms with Crippen LogP contribution < -0.4 is 10.1 Å². The molecule has 1 aromatic carbocycles. The van der Waals surface area contributed by atoms with E-state index in [1.807, 2.05) is 18.2 Å². The van der Waals surface area contributed by atoms with Crippen LogP contribution in [0.1, 0.15) is 42.3 Å². The van der Waals surface area contributed by atoms with Gasteiger partial charge in [-0.25, -0.2) is 0 Å². The molecule has 2 saturated carbocycles. The molecule has 0 saturated heterocycles. The molecule has 5 heteroatoms. The monoisotopic (exact) mass is 363 g/mol. The van der Waals surface area contributed by atoms with E-state index < -0.39 is 0 Å². The number of halogens is 1. The molecule has 4 unspecified atom stereocenters. The van der Waals surface area contributed by atoms with Gasteiger partial charge in [0.2, 0.25) is 0 Å². The first-order chi connectivity index (χ1) is 11.6. The Morgan fingerprint density at radius 3 is 2.88 bits per heavy atom. The topological polar surface area (TPSA) is 38.3 Å². The van der Waals surface area contributed by atoms with Gasteiger partial charge in [0.15, 0.2) is 0 Å². The van der Waals surface area contributed by atoms with Gasteiger partial charge in [-0.3, -0.25) is 4.79 Å². The molecule has 0 spiro atoms. The lowest BCUT2D eigenvalue weighted by atomic mass is 9.84. The van der Waals surface area contributed by atoms with Crippen LogP contribution in [0.15, 0.2) is 18.2 Å². The summed E-state index contributed by atoms with van der Waals surface area (Å²) >= 11 is 7.93. The normalized spacial score (nSPS) is 26.7. The Balaban J connectivity index is 1.54. The third-order valence-electron chi connectivity index (χ3n) is 5.83. The second kappa shape index (κ2) is 6.23. The zero-order valence-electron chi connectivity index (χ0n) is 14.0. The third kappa shape index (κ3) is 2.70. The van der Waals surface area contributed by atoms with E-state index in [1.54, 1.807) is 7.11 Å². The van der Waals surface area contributed by atoms with Gasteiger partial charge in [0.1, 0.15) is 10.6 Å². The summed E-state index contributed by atoms with van der Waals surface area (Å²) in [4.78, 5) is 13.4. The molecule has 2 bridgehead atoms. The van der Waals surface area contributed by atoms with Gasteiger partial charge in [-0.1, -0.05) is 18.0 Å². The van der Waals surface area contributed by atoms with Crippen molar-refractivity contribution in [1.82, 2.24) is 5.32 Å². The van der Waals surface area contributed by atoms with Gasteiger partial charge < -0.3 is 10.1 Å². The molecule has 2 aromatic rings. The number of nitrogens with one attached hydrogen (secondary N) is 1. The molecular formula is C19H22ClNO2S. The van der Waals surface area contributed by atoms with Crippen molar-refractivity contribution in [3.05, 3.63) is 28.1 Å². The number of carbonyl (C=O) groups excluding carboxylic acids is 1. The van der Waals surface area contributed by atoms with Gasteiger partial charge in [0.05, 0.1) is 12.1 Å². The third-order valence-corrected chi connectivity index (χ3v) is 7.51. The molecule has 3 nitrogen and oxygen atoms in total. The van der Waals surface area contributed by atoms with Crippen molar-refractivity contribution in [1.29, 1.82) is 0 Å². The highest BCUT2D eigenvalue weighted by atomic mass is 35.5. The van der Waals surface area contributed by atoms with E-state index in [0.29, 0.717) is 15.8 Å². The average Bonchev–Trinajstić information content (AvgIpc) is 3.29. The number of benzene rings is 1. The molecular weight excluding hydrogens is 342 g/mol. The maximum absolute atomic E-state index is 12.7. The molecule has 4 rings (SSSR count). The fourth-order valence-electron chi connectivity index (χ4n) is 4.61. The SMILES string of the molecule is COc1ccc2sc(C(=O)NC(C)C3CC4CCC3C4)c(Cl)c2c1. The molecule has 1 aromatic heterocycles. The van der Waals surface area contributed by atoms with E-state index in [0.717, 1.165) is 27.7 Å². The lowest BCUT2D eigenvalue weighted by Crippen LogP contribution is -2.39. The van der Waals surface area contributed by atoms with E-state index in [2.05, 4.69) is 12.2 Å². The van der Waals surface area contributed by atoms with Crippen molar-refractivity contribution in [2.24, 2.45) is 17.8 Å². The van der Waals surface area contributed by atoms with Gasteiger partial charge in [0, 0.05) is 16.1 Å². The van der Waals surface area contributed by atoms with E-state index >= 15 is 0 Å². The van der Waals surface area contributed by atoms with Crippen LogP contribution in [0.25, 0.3) is 10.1 Å². The van der Waals surface area contributed by atoms with Crippen molar-refractivity contribution in [2.75, 3.05) is 7.11 Å². The van der Waals surface area contributed by atoms with Crippen LogP contribution in [0.4, 0.5) is 0 Å². The number of amides is 1. The summed E-state index contributed by atoms with van der Waals surface area (Å²) in [5.41, 5.74) is 0. The summed E-state index contributed by atoms with van der Waals surface area (Å²) in [5, 5.41) is 4.63. The number of rotatable bonds is 4. The molecule has 1 heterocycles. The molecule has 0 aliphatic heterocycles. The minimum Gasteiger partial charge on any atom is -0.497 e. The number of hydrogen-bond donors (Lipinski definition) is 1. The van der Waals surface area contributed by atoms with Crippen molar-refractivity contribution in [2.45, 2.75) is 38.6 Å². The molecule has 24 heavy (non-hydrogen) atoms. The van der Waals surface area contributed by atoms with Crippen LogP contribution >= 0.6 is 22.9 Å². The molecule has 2 aliphatic rings. The minimum absolute atomic E-state index is 0.0459. The Bertz CT molecular complexity index is 787. The minimum atomic E-state index is -0.0459. The lowest BCUT2D eigenvalue weighted by molar-refractivity contribution is 0.0919. The quantitative estimate of drug-likeness (QED) is 0.818. The lowest BCUT2D eigenvalue weighted by Gasteiger charge is -2.28. The first-order valence-corrected chi connectivity index (χ1v) is 9.83. The van der Waals surface area contributed by atoms with Crippen LogP contribution in [0, 0.1) is 17.8 Å².